The molecule has 6 nitrogen and oxygen atoms in total. The Hall–Kier alpha value is -2.49. The fraction of sp³-hybridized carbons (Fsp3) is 0.0588. The number of hydrogen-bond acceptors (Lipinski definition) is 8. The first-order chi connectivity index (χ1) is 12.7. The Kier molecular flexibility index (Phi) is 3.66. The van der Waals surface area contributed by atoms with Crippen LogP contribution in [-0.2, 0) is 5.75 Å². The first kappa shape index (κ1) is 15.7. The summed E-state index contributed by atoms with van der Waals surface area (Å²) in [6, 6.07) is 11.3. The molecular formula is C17H11N5OS3. The van der Waals surface area contributed by atoms with E-state index in [2.05, 4.69) is 15.0 Å². The van der Waals surface area contributed by atoms with E-state index in [0.717, 1.165) is 20.4 Å². The van der Waals surface area contributed by atoms with Gasteiger partial charge in [0.15, 0.2) is 10.1 Å². The van der Waals surface area contributed by atoms with Gasteiger partial charge in [-0.2, -0.15) is 0 Å². The molecule has 0 aliphatic rings. The maximum Gasteiger partial charge on any atom is 0.259 e. The quantitative estimate of drug-likeness (QED) is 0.368. The van der Waals surface area contributed by atoms with E-state index in [-0.39, 0.29) is 5.56 Å². The van der Waals surface area contributed by atoms with E-state index in [1.807, 2.05) is 35.7 Å². The SMILES string of the molecule is Nc1nc(SCc2cc(=O)n3c(n2)sc2ccccc23)nc2sccc12. The molecule has 9 heteroatoms. The van der Waals surface area contributed by atoms with Gasteiger partial charge in [0.05, 0.1) is 21.3 Å². The number of thioether (sulfide) groups is 1. The van der Waals surface area contributed by atoms with Gasteiger partial charge in [-0.3, -0.25) is 9.20 Å². The van der Waals surface area contributed by atoms with Crippen molar-refractivity contribution in [2.24, 2.45) is 0 Å². The van der Waals surface area contributed by atoms with Crippen LogP contribution in [0.25, 0.3) is 25.4 Å². The number of nitrogens with two attached hydrogens (primary N) is 1. The van der Waals surface area contributed by atoms with E-state index in [9.17, 15) is 4.79 Å². The molecule has 26 heavy (non-hydrogen) atoms. The lowest BCUT2D eigenvalue weighted by Crippen LogP contribution is -2.13. The molecule has 1 aromatic carbocycles. The molecule has 5 rings (SSSR count). The van der Waals surface area contributed by atoms with Crippen LogP contribution in [-0.4, -0.2) is 19.4 Å². The van der Waals surface area contributed by atoms with E-state index < -0.39 is 0 Å². The summed E-state index contributed by atoms with van der Waals surface area (Å²) in [5.41, 5.74) is 7.52. The Labute approximate surface area is 159 Å². The molecule has 128 valence electrons. The number of thiazole rings is 1. The van der Waals surface area contributed by atoms with Gasteiger partial charge in [0.25, 0.3) is 5.56 Å². The Morgan fingerprint density at radius 3 is 2.96 bits per heavy atom. The van der Waals surface area contributed by atoms with E-state index in [4.69, 9.17) is 5.73 Å². The van der Waals surface area contributed by atoms with Gasteiger partial charge in [0, 0.05) is 11.8 Å². The Morgan fingerprint density at radius 2 is 2.04 bits per heavy atom. The summed E-state index contributed by atoms with van der Waals surface area (Å²) in [6.07, 6.45) is 0. The molecular weight excluding hydrogens is 386 g/mol. The highest BCUT2D eigenvalue weighted by Crippen LogP contribution is 2.28. The highest BCUT2D eigenvalue weighted by atomic mass is 32.2. The van der Waals surface area contributed by atoms with Gasteiger partial charge in [0.2, 0.25) is 0 Å². The van der Waals surface area contributed by atoms with Crippen molar-refractivity contribution in [1.29, 1.82) is 0 Å². The molecule has 4 heterocycles. The number of benzene rings is 1. The van der Waals surface area contributed by atoms with Crippen molar-refractivity contribution in [3.05, 3.63) is 57.8 Å². The number of thiophene rings is 1. The predicted octanol–water partition coefficient (Wildman–Crippen LogP) is 3.79. The van der Waals surface area contributed by atoms with Crippen LogP contribution < -0.4 is 11.3 Å². The van der Waals surface area contributed by atoms with E-state index >= 15 is 0 Å². The van der Waals surface area contributed by atoms with Gasteiger partial charge in [-0.05, 0) is 23.6 Å². The smallest absolute Gasteiger partial charge is 0.259 e. The van der Waals surface area contributed by atoms with Crippen molar-refractivity contribution in [3.8, 4) is 0 Å². The van der Waals surface area contributed by atoms with Gasteiger partial charge in [-0.25, -0.2) is 15.0 Å². The molecule has 0 radical (unpaired) electrons. The average Bonchev–Trinajstić information content (AvgIpc) is 3.24. The van der Waals surface area contributed by atoms with Gasteiger partial charge < -0.3 is 5.73 Å². The Bertz CT molecular complexity index is 1340. The lowest BCUT2D eigenvalue weighted by atomic mass is 10.3. The van der Waals surface area contributed by atoms with Gasteiger partial charge in [-0.15, -0.1) is 11.3 Å². The summed E-state index contributed by atoms with van der Waals surface area (Å²) in [4.78, 5) is 27.6. The van der Waals surface area contributed by atoms with E-state index in [0.29, 0.717) is 27.4 Å². The summed E-state index contributed by atoms with van der Waals surface area (Å²) >= 11 is 4.47. The summed E-state index contributed by atoms with van der Waals surface area (Å²) in [5.74, 6) is 0.989. The van der Waals surface area contributed by atoms with Crippen LogP contribution in [0, 0.1) is 0 Å². The van der Waals surface area contributed by atoms with Crippen molar-refractivity contribution in [1.82, 2.24) is 19.4 Å². The summed E-state index contributed by atoms with van der Waals surface area (Å²) in [5, 5.41) is 3.42. The largest absolute Gasteiger partial charge is 0.383 e. The molecule has 0 unspecified atom stereocenters. The van der Waals surface area contributed by atoms with Crippen LogP contribution in [0.4, 0.5) is 5.82 Å². The maximum atomic E-state index is 12.6. The number of anilines is 1. The minimum absolute atomic E-state index is 0.0720. The third-order valence-electron chi connectivity index (χ3n) is 3.93. The fourth-order valence-electron chi connectivity index (χ4n) is 2.76. The number of fused-ring (bicyclic) bond motifs is 4. The monoisotopic (exact) mass is 397 g/mol. The van der Waals surface area contributed by atoms with Crippen molar-refractivity contribution >= 4 is 65.6 Å². The van der Waals surface area contributed by atoms with Crippen LogP contribution in [0.1, 0.15) is 5.69 Å². The topological polar surface area (TPSA) is 86.2 Å². The lowest BCUT2D eigenvalue weighted by Gasteiger charge is -2.03. The second kappa shape index (κ2) is 6.04. The van der Waals surface area contributed by atoms with Crippen molar-refractivity contribution in [3.63, 3.8) is 0 Å². The number of hydrogen-bond donors (Lipinski definition) is 1. The van der Waals surface area contributed by atoms with Crippen LogP contribution >= 0.6 is 34.4 Å². The van der Waals surface area contributed by atoms with E-state index in [1.165, 1.54) is 34.4 Å². The first-order valence-electron chi connectivity index (χ1n) is 7.73. The molecule has 0 saturated heterocycles. The van der Waals surface area contributed by atoms with Gasteiger partial charge in [0.1, 0.15) is 10.6 Å². The number of rotatable bonds is 3. The molecule has 0 amide bonds. The van der Waals surface area contributed by atoms with Crippen molar-refractivity contribution < 1.29 is 0 Å². The summed E-state index contributed by atoms with van der Waals surface area (Å²) in [7, 11) is 0. The molecule has 2 N–H and O–H groups in total. The molecule has 0 aliphatic heterocycles. The summed E-state index contributed by atoms with van der Waals surface area (Å²) in [6.45, 7) is 0. The minimum Gasteiger partial charge on any atom is -0.383 e. The molecule has 0 bridgehead atoms. The Morgan fingerprint density at radius 1 is 1.15 bits per heavy atom. The Balaban J connectivity index is 1.50. The average molecular weight is 398 g/mol. The summed E-state index contributed by atoms with van der Waals surface area (Å²) < 4.78 is 2.70. The molecule has 0 atom stereocenters. The molecule has 0 saturated carbocycles. The van der Waals surface area contributed by atoms with E-state index in [1.54, 1.807) is 10.5 Å². The minimum atomic E-state index is -0.0720. The molecule has 0 spiro atoms. The second-order valence-electron chi connectivity index (χ2n) is 5.59. The number of para-hydroxylation sites is 1. The zero-order valence-electron chi connectivity index (χ0n) is 13.2. The highest BCUT2D eigenvalue weighted by Gasteiger charge is 2.11. The fourth-order valence-corrected chi connectivity index (χ4v) is 5.38. The zero-order chi connectivity index (χ0) is 17.7. The lowest BCUT2D eigenvalue weighted by molar-refractivity contribution is 1.01. The van der Waals surface area contributed by atoms with Crippen LogP contribution in [0.3, 0.4) is 0 Å². The molecule has 0 aliphatic carbocycles. The van der Waals surface area contributed by atoms with Crippen LogP contribution in [0.2, 0.25) is 0 Å². The normalized spacial score (nSPS) is 11.7. The number of nitrogens with zero attached hydrogens (tertiary/aromatic N) is 4. The van der Waals surface area contributed by atoms with Crippen LogP contribution in [0.5, 0.6) is 0 Å². The third kappa shape index (κ3) is 2.56. The van der Waals surface area contributed by atoms with Crippen molar-refractivity contribution in [2.75, 3.05) is 5.73 Å². The first-order valence-corrected chi connectivity index (χ1v) is 10.4. The van der Waals surface area contributed by atoms with Gasteiger partial charge >= 0.3 is 0 Å². The van der Waals surface area contributed by atoms with Gasteiger partial charge in [-0.1, -0.05) is 35.2 Å². The zero-order valence-corrected chi connectivity index (χ0v) is 15.7. The standard InChI is InChI=1S/C17H11N5OS3/c18-14-10-5-6-24-15(10)21-16(20-14)25-8-9-7-13(23)22-11-3-1-2-4-12(11)26-17(22)19-9/h1-7H,8H2,(H2,18,20,21). The molecule has 0 fully saturated rings. The second-order valence-corrected chi connectivity index (χ2v) is 8.44. The highest BCUT2D eigenvalue weighted by molar-refractivity contribution is 7.98. The number of aromatic nitrogens is 4. The number of nitrogen functional groups attached to an aromatic ring is 1. The molecule has 5 aromatic rings. The maximum absolute atomic E-state index is 12.6. The molecule has 4 aromatic heterocycles. The third-order valence-corrected chi connectivity index (χ3v) is 6.64. The predicted molar refractivity (Wildman–Crippen MR) is 108 cm³/mol. The van der Waals surface area contributed by atoms with Crippen molar-refractivity contribution in [2.45, 2.75) is 10.9 Å². The van der Waals surface area contributed by atoms with Crippen LogP contribution in [0.15, 0.2) is 51.7 Å².